The van der Waals surface area contributed by atoms with Crippen molar-refractivity contribution in [2.24, 2.45) is 0 Å². The van der Waals surface area contributed by atoms with E-state index in [1.807, 2.05) is 6.07 Å². The van der Waals surface area contributed by atoms with E-state index in [2.05, 4.69) is 10.3 Å². The number of nitriles is 1. The Bertz CT molecular complexity index is 408. The van der Waals surface area contributed by atoms with E-state index in [-0.39, 0.29) is 18.9 Å². The second-order valence-electron chi connectivity index (χ2n) is 3.98. The van der Waals surface area contributed by atoms with Gasteiger partial charge in [-0.25, -0.2) is 13.8 Å². The van der Waals surface area contributed by atoms with Crippen LogP contribution in [0.15, 0.2) is 18.3 Å². The van der Waals surface area contributed by atoms with Gasteiger partial charge in [-0.15, -0.1) is 0 Å². The second kappa shape index (κ2) is 4.05. The maximum absolute atomic E-state index is 12.9. The van der Waals surface area contributed by atoms with Gasteiger partial charge in [-0.2, -0.15) is 5.26 Å². The molecule has 0 amide bonds. The highest BCUT2D eigenvalue weighted by molar-refractivity contribution is 5.40. The van der Waals surface area contributed by atoms with Crippen molar-refractivity contribution >= 4 is 5.82 Å². The molecule has 16 heavy (non-hydrogen) atoms. The molecule has 0 aromatic carbocycles. The molecule has 3 nitrogen and oxygen atoms in total. The van der Waals surface area contributed by atoms with Crippen molar-refractivity contribution in [3.05, 3.63) is 23.9 Å². The molecule has 1 aromatic rings. The number of halogens is 2. The number of hydrogen-bond acceptors (Lipinski definition) is 3. The summed E-state index contributed by atoms with van der Waals surface area (Å²) in [5.41, 5.74) is 0.460. The molecule has 2 rings (SSSR count). The molecule has 84 valence electrons. The number of nitrogens with zero attached hydrogens (tertiary/aromatic N) is 2. The molecule has 1 aliphatic carbocycles. The first kappa shape index (κ1) is 10.8. The van der Waals surface area contributed by atoms with E-state index < -0.39 is 5.92 Å². The maximum Gasteiger partial charge on any atom is 0.250 e. The van der Waals surface area contributed by atoms with Gasteiger partial charge in [-0.05, 0) is 18.6 Å². The summed E-state index contributed by atoms with van der Waals surface area (Å²) in [5.74, 6) is -2.01. The Morgan fingerprint density at radius 1 is 1.50 bits per heavy atom. The minimum Gasteiger partial charge on any atom is -0.367 e. The van der Waals surface area contributed by atoms with Crippen molar-refractivity contribution in [3.63, 3.8) is 0 Å². The average molecular weight is 223 g/mol. The van der Waals surface area contributed by atoms with E-state index in [0.29, 0.717) is 17.8 Å². The second-order valence-corrected chi connectivity index (χ2v) is 3.98. The summed E-state index contributed by atoms with van der Waals surface area (Å²) in [6, 6.07) is 4.97. The quantitative estimate of drug-likeness (QED) is 0.838. The predicted molar refractivity (Wildman–Crippen MR) is 55.2 cm³/mol. The number of nitrogens with one attached hydrogen (secondary N) is 1. The van der Waals surface area contributed by atoms with Crippen molar-refractivity contribution in [3.8, 4) is 6.07 Å². The van der Waals surface area contributed by atoms with E-state index in [1.54, 1.807) is 12.1 Å². The van der Waals surface area contributed by atoms with Gasteiger partial charge < -0.3 is 5.32 Å². The Balaban J connectivity index is 1.97. The molecule has 0 aliphatic heterocycles. The molecular formula is C11H11F2N3. The van der Waals surface area contributed by atoms with E-state index in [1.165, 1.54) is 6.20 Å². The molecule has 0 bridgehead atoms. The largest absolute Gasteiger partial charge is 0.367 e. The Kier molecular flexibility index (Phi) is 2.73. The number of rotatable bonds is 2. The maximum atomic E-state index is 12.9. The SMILES string of the molecule is N#Cc1ccc(N[C@H]2CCC(F)(F)C2)nc1. The van der Waals surface area contributed by atoms with Gasteiger partial charge in [0.15, 0.2) is 0 Å². The summed E-state index contributed by atoms with van der Waals surface area (Å²) in [5, 5.41) is 11.5. The number of pyridine rings is 1. The standard InChI is InChI=1S/C11H11F2N3/c12-11(13)4-3-9(5-11)16-10-2-1-8(6-14)7-15-10/h1-2,7,9H,3-5H2,(H,15,16)/t9-/m0/s1. The van der Waals surface area contributed by atoms with E-state index in [4.69, 9.17) is 5.26 Å². The summed E-state index contributed by atoms with van der Waals surface area (Å²) in [6.07, 6.45) is 1.67. The van der Waals surface area contributed by atoms with Crippen molar-refractivity contribution in [1.82, 2.24) is 4.98 Å². The highest BCUT2D eigenvalue weighted by Gasteiger charge is 2.39. The monoisotopic (exact) mass is 223 g/mol. The Labute approximate surface area is 92.1 Å². The van der Waals surface area contributed by atoms with Gasteiger partial charge in [0, 0.05) is 25.1 Å². The Morgan fingerprint density at radius 2 is 2.31 bits per heavy atom. The van der Waals surface area contributed by atoms with Crippen LogP contribution in [0.3, 0.4) is 0 Å². The third-order valence-corrected chi connectivity index (χ3v) is 2.65. The summed E-state index contributed by atoms with van der Waals surface area (Å²) < 4.78 is 25.8. The van der Waals surface area contributed by atoms with Crippen LogP contribution in [0.1, 0.15) is 24.8 Å². The van der Waals surface area contributed by atoms with Crippen LogP contribution in [0.5, 0.6) is 0 Å². The fourth-order valence-electron chi connectivity index (χ4n) is 1.83. The topological polar surface area (TPSA) is 48.7 Å². The van der Waals surface area contributed by atoms with Crippen LogP contribution in [0, 0.1) is 11.3 Å². The van der Waals surface area contributed by atoms with Crippen molar-refractivity contribution < 1.29 is 8.78 Å². The van der Waals surface area contributed by atoms with Crippen LogP contribution in [0.25, 0.3) is 0 Å². The van der Waals surface area contributed by atoms with Gasteiger partial charge in [-0.3, -0.25) is 0 Å². The fourth-order valence-corrected chi connectivity index (χ4v) is 1.83. The van der Waals surface area contributed by atoms with Crippen LogP contribution in [-0.4, -0.2) is 16.9 Å². The fraction of sp³-hybridized carbons (Fsp3) is 0.455. The van der Waals surface area contributed by atoms with Gasteiger partial charge in [0.1, 0.15) is 11.9 Å². The first-order valence-electron chi connectivity index (χ1n) is 5.10. The lowest BCUT2D eigenvalue weighted by Gasteiger charge is -2.13. The molecule has 1 N–H and O–H groups in total. The molecule has 0 radical (unpaired) electrons. The first-order chi connectivity index (χ1) is 7.59. The third-order valence-electron chi connectivity index (χ3n) is 2.65. The average Bonchev–Trinajstić information content (AvgIpc) is 2.59. The lowest BCUT2D eigenvalue weighted by molar-refractivity contribution is 0.00852. The zero-order valence-electron chi connectivity index (χ0n) is 8.58. The minimum atomic E-state index is -2.55. The van der Waals surface area contributed by atoms with Gasteiger partial charge >= 0.3 is 0 Å². The van der Waals surface area contributed by atoms with Crippen LogP contribution in [-0.2, 0) is 0 Å². The molecule has 1 fully saturated rings. The minimum absolute atomic E-state index is 0.0685. The molecule has 5 heteroatoms. The van der Waals surface area contributed by atoms with Crippen LogP contribution < -0.4 is 5.32 Å². The van der Waals surface area contributed by atoms with Crippen molar-refractivity contribution in [2.45, 2.75) is 31.2 Å². The zero-order chi connectivity index (χ0) is 11.6. The number of alkyl halides is 2. The highest BCUT2D eigenvalue weighted by Crippen LogP contribution is 2.35. The van der Waals surface area contributed by atoms with Crippen LogP contribution in [0.4, 0.5) is 14.6 Å². The normalized spacial score (nSPS) is 22.7. The van der Waals surface area contributed by atoms with Gasteiger partial charge in [0.25, 0.3) is 0 Å². The number of anilines is 1. The third kappa shape index (κ3) is 2.45. The number of aromatic nitrogens is 1. The molecular weight excluding hydrogens is 212 g/mol. The summed E-state index contributed by atoms with van der Waals surface area (Å²) >= 11 is 0. The van der Waals surface area contributed by atoms with Crippen LogP contribution in [0.2, 0.25) is 0 Å². The van der Waals surface area contributed by atoms with Gasteiger partial charge in [0.2, 0.25) is 5.92 Å². The number of hydrogen-bond donors (Lipinski definition) is 1. The lowest BCUT2D eigenvalue weighted by Crippen LogP contribution is -2.19. The molecule has 0 saturated heterocycles. The van der Waals surface area contributed by atoms with Gasteiger partial charge in [0.05, 0.1) is 5.56 Å². The molecule has 1 aliphatic rings. The molecule has 1 heterocycles. The summed E-state index contributed by atoms with van der Waals surface area (Å²) in [7, 11) is 0. The van der Waals surface area contributed by atoms with Gasteiger partial charge in [-0.1, -0.05) is 0 Å². The molecule has 1 aromatic heterocycles. The highest BCUT2D eigenvalue weighted by atomic mass is 19.3. The first-order valence-corrected chi connectivity index (χ1v) is 5.10. The van der Waals surface area contributed by atoms with E-state index >= 15 is 0 Å². The molecule has 0 spiro atoms. The van der Waals surface area contributed by atoms with Crippen molar-refractivity contribution in [1.29, 1.82) is 5.26 Å². The molecule has 0 unspecified atom stereocenters. The zero-order valence-corrected chi connectivity index (χ0v) is 8.58. The summed E-state index contributed by atoms with van der Waals surface area (Å²) in [4.78, 5) is 3.98. The van der Waals surface area contributed by atoms with Crippen molar-refractivity contribution in [2.75, 3.05) is 5.32 Å². The Hall–Kier alpha value is -1.70. The molecule has 1 saturated carbocycles. The van der Waals surface area contributed by atoms with E-state index in [9.17, 15) is 8.78 Å². The lowest BCUT2D eigenvalue weighted by atomic mass is 10.2. The summed E-state index contributed by atoms with van der Waals surface area (Å²) in [6.45, 7) is 0. The van der Waals surface area contributed by atoms with Crippen LogP contribution >= 0.6 is 0 Å². The predicted octanol–water partition coefficient (Wildman–Crippen LogP) is 2.55. The van der Waals surface area contributed by atoms with E-state index in [0.717, 1.165) is 0 Å². The Morgan fingerprint density at radius 3 is 2.81 bits per heavy atom. The smallest absolute Gasteiger partial charge is 0.250 e. The molecule has 1 atom stereocenters.